The average Bonchev–Trinajstić information content (AvgIpc) is 2.47. The molecule has 0 fully saturated rings. The zero-order chi connectivity index (χ0) is 15.2. The molecule has 5 nitrogen and oxygen atoms in total. The Bertz CT molecular complexity index is 609. The van der Waals surface area contributed by atoms with Crippen molar-refractivity contribution in [2.45, 2.75) is 12.8 Å². The molecule has 21 heavy (non-hydrogen) atoms. The van der Waals surface area contributed by atoms with Crippen molar-refractivity contribution in [2.75, 3.05) is 24.3 Å². The van der Waals surface area contributed by atoms with Crippen LogP contribution in [0.25, 0.3) is 0 Å². The van der Waals surface area contributed by atoms with E-state index in [2.05, 4.69) is 10.3 Å². The number of anilines is 2. The quantitative estimate of drug-likeness (QED) is 0.885. The number of hydrogen-bond donors (Lipinski definition) is 2. The molecule has 0 aliphatic carbocycles. The van der Waals surface area contributed by atoms with Crippen molar-refractivity contribution in [1.82, 2.24) is 4.98 Å². The van der Waals surface area contributed by atoms with Gasteiger partial charge in [0.2, 0.25) is 5.91 Å². The second-order valence-corrected chi connectivity index (χ2v) is 4.98. The van der Waals surface area contributed by atoms with Crippen molar-refractivity contribution in [3.05, 3.63) is 48.2 Å². The predicted octanol–water partition coefficient (Wildman–Crippen LogP) is 2.42. The van der Waals surface area contributed by atoms with E-state index in [-0.39, 0.29) is 11.7 Å². The zero-order valence-electron chi connectivity index (χ0n) is 12.2. The van der Waals surface area contributed by atoms with Gasteiger partial charge in [-0.3, -0.25) is 4.79 Å². The second-order valence-electron chi connectivity index (χ2n) is 4.98. The van der Waals surface area contributed by atoms with E-state index in [1.807, 2.05) is 43.3 Å². The zero-order valence-corrected chi connectivity index (χ0v) is 12.2. The Morgan fingerprint density at radius 3 is 2.62 bits per heavy atom. The maximum absolute atomic E-state index is 11.9. The lowest BCUT2D eigenvalue weighted by Gasteiger charge is -2.11. The standard InChI is InChI=1S/C16H19N3O2/c1-19(2)15-9-8-13(11-17-15)18-16(21)10-7-12-5-3-4-6-14(12)20/h3-6,8-9,11,20H,7,10H2,1-2H3,(H,18,21). The lowest BCUT2D eigenvalue weighted by molar-refractivity contribution is -0.116. The molecule has 2 aromatic rings. The number of hydrogen-bond acceptors (Lipinski definition) is 4. The number of aryl methyl sites for hydroxylation is 1. The summed E-state index contributed by atoms with van der Waals surface area (Å²) in [6.07, 6.45) is 2.45. The molecule has 2 N–H and O–H groups in total. The molecule has 0 unspecified atom stereocenters. The van der Waals surface area contributed by atoms with E-state index >= 15 is 0 Å². The largest absolute Gasteiger partial charge is 0.508 e. The average molecular weight is 285 g/mol. The Balaban J connectivity index is 1.88. The molecule has 1 aromatic heterocycles. The van der Waals surface area contributed by atoms with E-state index in [1.54, 1.807) is 18.3 Å². The first-order chi connectivity index (χ1) is 10.1. The van der Waals surface area contributed by atoms with Gasteiger partial charge >= 0.3 is 0 Å². The molecule has 0 aliphatic rings. The second kappa shape index (κ2) is 6.74. The molecule has 0 bridgehead atoms. The summed E-state index contributed by atoms with van der Waals surface area (Å²) >= 11 is 0. The Labute approximate surface area is 124 Å². The monoisotopic (exact) mass is 285 g/mol. The summed E-state index contributed by atoms with van der Waals surface area (Å²) in [5.74, 6) is 0.960. The third-order valence-corrected chi connectivity index (χ3v) is 3.10. The van der Waals surface area contributed by atoms with Crippen LogP contribution in [0.4, 0.5) is 11.5 Å². The summed E-state index contributed by atoms with van der Waals surface area (Å²) in [6.45, 7) is 0. The molecule has 2 rings (SSSR count). The number of carbonyl (C=O) groups excluding carboxylic acids is 1. The first-order valence-electron chi connectivity index (χ1n) is 6.76. The minimum absolute atomic E-state index is 0.0994. The third-order valence-electron chi connectivity index (χ3n) is 3.10. The van der Waals surface area contributed by atoms with Crippen LogP contribution in [0, 0.1) is 0 Å². The van der Waals surface area contributed by atoms with Crippen LogP contribution in [0.5, 0.6) is 5.75 Å². The summed E-state index contributed by atoms with van der Waals surface area (Å²) in [4.78, 5) is 18.0. The first-order valence-corrected chi connectivity index (χ1v) is 6.76. The number of amides is 1. The van der Waals surface area contributed by atoms with E-state index in [4.69, 9.17) is 0 Å². The molecule has 0 aliphatic heterocycles. The number of phenolic OH excluding ortho intramolecular Hbond substituents is 1. The van der Waals surface area contributed by atoms with Crippen LogP contribution in [0.15, 0.2) is 42.6 Å². The number of carbonyl (C=O) groups is 1. The van der Waals surface area contributed by atoms with Gasteiger partial charge in [0.15, 0.2) is 0 Å². The number of aromatic hydroxyl groups is 1. The van der Waals surface area contributed by atoms with Crippen molar-refractivity contribution < 1.29 is 9.90 Å². The molecule has 0 spiro atoms. The highest BCUT2D eigenvalue weighted by Gasteiger charge is 2.06. The van der Waals surface area contributed by atoms with E-state index < -0.39 is 0 Å². The van der Waals surface area contributed by atoms with E-state index in [1.165, 1.54) is 0 Å². The van der Waals surface area contributed by atoms with Crippen molar-refractivity contribution in [1.29, 1.82) is 0 Å². The number of nitrogens with zero attached hydrogens (tertiary/aromatic N) is 2. The summed E-state index contributed by atoms with van der Waals surface area (Å²) < 4.78 is 0. The molecule has 1 aromatic carbocycles. The molecular weight excluding hydrogens is 266 g/mol. The van der Waals surface area contributed by atoms with Crippen molar-refractivity contribution in [2.24, 2.45) is 0 Å². The van der Waals surface area contributed by atoms with Crippen LogP contribution in [0.2, 0.25) is 0 Å². The SMILES string of the molecule is CN(C)c1ccc(NC(=O)CCc2ccccc2O)cn1. The number of nitrogens with one attached hydrogen (secondary N) is 1. The van der Waals surface area contributed by atoms with Gasteiger partial charge in [0.05, 0.1) is 11.9 Å². The fraction of sp³-hybridized carbons (Fsp3) is 0.250. The van der Waals surface area contributed by atoms with Gasteiger partial charge in [0, 0.05) is 20.5 Å². The number of rotatable bonds is 5. The van der Waals surface area contributed by atoms with Gasteiger partial charge in [-0.15, -0.1) is 0 Å². The highest BCUT2D eigenvalue weighted by molar-refractivity contribution is 5.90. The minimum atomic E-state index is -0.0994. The van der Waals surface area contributed by atoms with Crippen molar-refractivity contribution >= 4 is 17.4 Å². The molecule has 110 valence electrons. The molecule has 0 radical (unpaired) electrons. The highest BCUT2D eigenvalue weighted by atomic mass is 16.3. The Morgan fingerprint density at radius 1 is 1.24 bits per heavy atom. The van der Waals surface area contributed by atoms with Crippen molar-refractivity contribution in [3.8, 4) is 5.75 Å². The smallest absolute Gasteiger partial charge is 0.224 e. The van der Waals surface area contributed by atoms with Gasteiger partial charge in [-0.25, -0.2) is 4.98 Å². The number of benzene rings is 1. The molecule has 5 heteroatoms. The fourth-order valence-electron chi connectivity index (χ4n) is 1.92. The maximum atomic E-state index is 11.9. The number of aromatic nitrogens is 1. The van der Waals surface area contributed by atoms with Crippen LogP contribution >= 0.6 is 0 Å². The van der Waals surface area contributed by atoms with Gasteiger partial charge in [0.25, 0.3) is 0 Å². The summed E-state index contributed by atoms with van der Waals surface area (Å²) in [6, 6.07) is 10.7. The normalized spacial score (nSPS) is 10.2. The van der Waals surface area contributed by atoms with E-state index in [0.717, 1.165) is 11.4 Å². The van der Waals surface area contributed by atoms with Crippen LogP contribution in [0.1, 0.15) is 12.0 Å². The van der Waals surface area contributed by atoms with Gasteiger partial charge in [-0.2, -0.15) is 0 Å². The van der Waals surface area contributed by atoms with Gasteiger partial charge in [-0.05, 0) is 30.2 Å². The summed E-state index contributed by atoms with van der Waals surface area (Å²) in [7, 11) is 3.82. The van der Waals surface area contributed by atoms with Gasteiger partial charge in [0.1, 0.15) is 11.6 Å². The molecule has 0 atom stereocenters. The van der Waals surface area contributed by atoms with Crippen LogP contribution in [0.3, 0.4) is 0 Å². The Hall–Kier alpha value is -2.56. The molecule has 1 amide bonds. The highest BCUT2D eigenvalue weighted by Crippen LogP contribution is 2.18. The maximum Gasteiger partial charge on any atom is 0.224 e. The molecular formula is C16H19N3O2. The first kappa shape index (κ1) is 14.8. The number of para-hydroxylation sites is 1. The van der Waals surface area contributed by atoms with Gasteiger partial charge < -0.3 is 15.3 Å². The number of phenols is 1. The van der Waals surface area contributed by atoms with Crippen LogP contribution in [-0.4, -0.2) is 30.1 Å². The van der Waals surface area contributed by atoms with E-state index in [9.17, 15) is 9.90 Å². The lowest BCUT2D eigenvalue weighted by Crippen LogP contribution is -2.14. The topological polar surface area (TPSA) is 65.5 Å². The molecule has 1 heterocycles. The Kier molecular flexibility index (Phi) is 4.77. The predicted molar refractivity (Wildman–Crippen MR) is 83.6 cm³/mol. The van der Waals surface area contributed by atoms with Crippen molar-refractivity contribution in [3.63, 3.8) is 0 Å². The molecule has 0 saturated carbocycles. The third kappa shape index (κ3) is 4.21. The lowest BCUT2D eigenvalue weighted by atomic mass is 10.1. The van der Waals surface area contributed by atoms with Gasteiger partial charge in [-0.1, -0.05) is 18.2 Å². The van der Waals surface area contributed by atoms with Crippen LogP contribution in [-0.2, 0) is 11.2 Å². The van der Waals surface area contributed by atoms with Crippen LogP contribution < -0.4 is 10.2 Å². The Morgan fingerprint density at radius 2 is 2.00 bits per heavy atom. The fourth-order valence-corrected chi connectivity index (χ4v) is 1.92. The minimum Gasteiger partial charge on any atom is -0.508 e. The summed E-state index contributed by atoms with van der Waals surface area (Å²) in [5.41, 5.74) is 1.44. The summed E-state index contributed by atoms with van der Waals surface area (Å²) in [5, 5.41) is 12.4. The van der Waals surface area contributed by atoms with E-state index in [0.29, 0.717) is 18.5 Å². The molecule has 0 saturated heterocycles. The number of pyridine rings is 1.